The summed E-state index contributed by atoms with van der Waals surface area (Å²) < 4.78 is 0. The van der Waals surface area contributed by atoms with E-state index in [2.05, 4.69) is 30.3 Å². The molecule has 14 heavy (non-hydrogen) atoms. The van der Waals surface area contributed by atoms with Gasteiger partial charge in [0.05, 0.1) is 0 Å². The third kappa shape index (κ3) is 5.61. The van der Waals surface area contributed by atoms with Gasteiger partial charge >= 0.3 is 0 Å². The molecule has 0 fully saturated rings. The number of unbranched alkanes of at least 4 members (excludes halogenated alkanes) is 2. The van der Waals surface area contributed by atoms with Crippen LogP contribution in [0, 0.1) is 0 Å². The standard InChI is InChI=1S/C12H17S2/c13-9-5-2-6-10-14-11-12-7-3-1-4-8-12/h1,3-4,7-8H,2,5-6,9-11H2. The van der Waals surface area contributed by atoms with Crippen LogP contribution < -0.4 is 0 Å². The molecular weight excluding hydrogens is 208 g/mol. The second-order valence-electron chi connectivity index (χ2n) is 3.30. The van der Waals surface area contributed by atoms with Crippen molar-refractivity contribution in [3.63, 3.8) is 0 Å². The van der Waals surface area contributed by atoms with Gasteiger partial charge in [0, 0.05) is 11.5 Å². The number of hydrogen-bond acceptors (Lipinski definition) is 1. The van der Waals surface area contributed by atoms with Crippen molar-refractivity contribution >= 4 is 24.4 Å². The first-order valence-electron chi connectivity index (χ1n) is 5.13. The topological polar surface area (TPSA) is 0 Å². The van der Waals surface area contributed by atoms with E-state index >= 15 is 0 Å². The highest BCUT2D eigenvalue weighted by atomic mass is 32.2. The zero-order valence-corrected chi connectivity index (χ0v) is 10.1. The molecule has 1 radical (unpaired) electrons. The molecule has 1 aromatic rings. The summed E-state index contributed by atoms with van der Waals surface area (Å²) in [7, 11) is 0. The first kappa shape index (κ1) is 12.0. The van der Waals surface area contributed by atoms with Crippen LogP contribution >= 0.6 is 24.4 Å². The van der Waals surface area contributed by atoms with E-state index in [9.17, 15) is 0 Å². The van der Waals surface area contributed by atoms with Gasteiger partial charge < -0.3 is 0 Å². The van der Waals surface area contributed by atoms with Gasteiger partial charge in [-0.05, 0) is 24.2 Å². The molecule has 0 atom stereocenters. The van der Waals surface area contributed by atoms with Crippen molar-refractivity contribution < 1.29 is 0 Å². The molecule has 0 aliphatic carbocycles. The molecule has 0 unspecified atom stereocenters. The minimum Gasteiger partial charge on any atom is -0.157 e. The highest BCUT2D eigenvalue weighted by Gasteiger charge is 1.92. The summed E-state index contributed by atoms with van der Waals surface area (Å²) in [4.78, 5) is 0. The third-order valence-corrected chi connectivity index (χ3v) is 3.45. The lowest BCUT2D eigenvalue weighted by Gasteiger charge is -2.01. The molecule has 0 aliphatic heterocycles. The van der Waals surface area contributed by atoms with Gasteiger partial charge in [-0.25, -0.2) is 0 Å². The van der Waals surface area contributed by atoms with Gasteiger partial charge in [-0.1, -0.05) is 49.4 Å². The van der Waals surface area contributed by atoms with Crippen LogP contribution in [0.25, 0.3) is 0 Å². The average Bonchev–Trinajstić information content (AvgIpc) is 2.25. The molecule has 0 spiro atoms. The summed E-state index contributed by atoms with van der Waals surface area (Å²) in [5.74, 6) is 3.34. The molecule has 1 aromatic carbocycles. The minimum atomic E-state index is 0.920. The minimum absolute atomic E-state index is 0.920. The number of hydrogen-bond donors (Lipinski definition) is 0. The fraction of sp³-hybridized carbons (Fsp3) is 0.500. The summed E-state index contributed by atoms with van der Waals surface area (Å²) in [6.07, 6.45) is 3.82. The molecule has 0 saturated heterocycles. The van der Waals surface area contributed by atoms with E-state index in [-0.39, 0.29) is 0 Å². The fourth-order valence-corrected chi connectivity index (χ4v) is 2.43. The maximum Gasteiger partial charge on any atom is 0.0184 e. The average molecular weight is 225 g/mol. The SMILES string of the molecule is [S]CCCCCSCc1ccccc1. The molecular formula is C12H17S2. The molecule has 0 heterocycles. The number of thioether (sulfide) groups is 1. The fourth-order valence-electron chi connectivity index (χ4n) is 1.25. The van der Waals surface area contributed by atoms with Gasteiger partial charge in [-0.2, -0.15) is 11.8 Å². The van der Waals surface area contributed by atoms with Crippen molar-refractivity contribution in [1.29, 1.82) is 0 Å². The predicted molar refractivity (Wildman–Crippen MR) is 68.9 cm³/mol. The molecule has 2 heteroatoms. The Morgan fingerprint density at radius 1 is 1.00 bits per heavy atom. The first-order valence-corrected chi connectivity index (χ1v) is 6.86. The van der Waals surface area contributed by atoms with Crippen LogP contribution in [0.15, 0.2) is 30.3 Å². The zero-order chi connectivity index (χ0) is 10.1. The molecule has 77 valence electrons. The van der Waals surface area contributed by atoms with E-state index < -0.39 is 0 Å². The van der Waals surface area contributed by atoms with Gasteiger partial charge in [0.25, 0.3) is 0 Å². The number of benzene rings is 1. The highest BCUT2D eigenvalue weighted by molar-refractivity contribution is 7.98. The molecule has 0 N–H and O–H groups in total. The molecule has 0 nitrogen and oxygen atoms in total. The Labute approximate surface area is 96.9 Å². The van der Waals surface area contributed by atoms with Crippen LogP contribution in [0.1, 0.15) is 24.8 Å². The van der Waals surface area contributed by atoms with Crippen LogP contribution in [-0.2, 0) is 5.75 Å². The number of rotatable bonds is 7. The second kappa shape index (κ2) is 8.25. The summed E-state index contributed by atoms with van der Waals surface area (Å²) >= 11 is 6.92. The van der Waals surface area contributed by atoms with Crippen molar-refractivity contribution in [2.75, 3.05) is 11.5 Å². The van der Waals surface area contributed by atoms with E-state index in [0.29, 0.717) is 0 Å². The summed E-state index contributed by atoms with van der Waals surface area (Å²) in [6.45, 7) is 0. The molecule has 0 saturated carbocycles. The highest BCUT2D eigenvalue weighted by Crippen LogP contribution is 2.13. The Bertz CT molecular complexity index is 221. The normalized spacial score (nSPS) is 10.4. The van der Waals surface area contributed by atoms with Gasteiger partial charge in [-0.15, -0.1) is 0 Å². The van der Waals surface area contributed by atoms with Gasteiger partial charge in [0.2, 0.25) is 0 Å². The Morgan fingerprint density at radius 3 is 2.50 bits per heavy atom. The van der Waals surface area contributed by atoms with Crippen LogP contribution in [0.3, 0.4) is 0 Å². The first-order chi connectivity index (χ1) is 6.93. The van der Waals surface area contributed by atoms with Gasteiger partial charge in [0.1, 0.15) is 0 Å². The lowest BCUT2D eigenvalue weighted by Crippen LogP contribution is -1.84. The van der Waals surface area contributed by atoms with Gasteiger partial charge in [-0.3, -0.25) is 0 Å². The smallest absolute Gasteiger partial charge is 0.0184 e. The van der Waals surface area contributed by atoms with Crippen LogP contribution in [0.5, 0.6) is 0 Å². The van der Waals surface area contributed by atoms with Crippen molar-refractivity contribution in [3.8, 4) is 0 Å². The summed E-state index contributed by atoms with van der Waals surface area (Å²) in [6, 6.07) is 10.7. The van der Waals surface area contributed by atoms with E-state index in [1.807, 2.05) is 11.8 Å². The Balaban J connectivity index is 1.99. The molecule has 0 aliphatic rings. The van der Waals surface area contributed by atoms with Crippen LogP contribution in [0.2, 0.25) is 0 Å². The molecule has 1 rings (SSSR count). The maximum absolute atomic E-state index is 4.90. The Kier molecular flexibility index (Phi) is 7.06. The molecule has 0 aromatic heterocycles. The van der Waals surface area contributed by atoms with Crippen molar-refractivity contribution in [2.45, 2.75) is 25.0 Å². The third-order valence-electron chi connectivity index (χ3n) is 2.04. The summed E-state index contributed by atoms with van der Waals surface area (Å²) in [5.41, 5.74) is 1.43. The Hall–Kier alpha value is -0.0800. The van der Waals surface area contributed by atoms with Crippen molar-refractivity contribution in [3.05, 3.63) is 35.9 Å². The van der Waals surface area contributed by atoms with E-state index in [1.54, 1.807) is 0 Å². The van der Waals surface area contributed by atoms with E-state index in [4.69, 9.17) is 12.6 Å². The van der Waals surface area contributed by atoms with Crippen molar-refractivity contribution in [1.82, 2.24) is 0 Å². The predicted octanol–water partition coefficient (Wildman–Crippen LogP) is 4.29. The zero-order valence-electron chi connectivity index (χ0n) is 8.45. The monoisotopic (exact) mass is 225 g/mol. The van der Waals surface area contributed by atoms with Crippen LogP contribution in [-0.4, -0.2) is 11.5 Å². The largest absolute Gasteiger partial charge is 0.157 e. The quantitative estimate of drug-likeness (QED) is 0.624. The molecule has 0 bridgehead atoms. The van der Waals surface area contributed by atoms with Gasteiger partial charge in [0.15, 0.2) is 0 Å². The van der Waals surface area contributed by atoms with Crippen LogP contribution in [0.4, 0.5) is 0 Å². The second-order valence-corrected chi connectivity index (χ2v) is 4.82. The van der Waals surface area contributed by atoms with E-state index in [0.717, 1.165) is 11.5 Å². The molecule has 0 amide bonds. The Morgan fingerprint density at radius 2 is 1.79 bits per heavy atom. The van der Waals surface area contributed by atoms with Crippen molar-refractivity contribution in [2.24, 2.45) is 0 Å². The maximum atomic E-state index is 4.90. The lowest BCUT2D eigenvalue weighted by atomic mass is 10.2. The lowest BCUT2D eigenvalue weighted by molar-refractivity contribution is 0.787. The summed E-state index contributed by atoms with van der Waals surface area (Å²) in [5, 5.41) is 0. The van der Waals surface area contributed by atoms with E-state index in [1.165, 1.54) is 30.6 Å².